The van der Waals surface area contributed by atoms with Gasteiger partial charge < -0.3 is 4.74 Å². The van der Waals surface area contributed by atoms with Crippen LogP contribution in [-0.4, -0.2) is 26.9 Å². The summed E-state index contributed by atoms with van der Waals surface area (Å²) in [5.41, 5.74) is 0.370. The van der Waals surface area contributed by atoms with Crippen LogP contribution in [0.2, 0.25) is 0 Å². The lowest BCUT2D eigenvalue weighted by Gasteiger charge is -2.12. The first-order valence-corrected chi connectivity index (χ1v) is 8.78. The molecular formula is C21H14F3N5O. The highest BCUT2D eigenvalue weighted by molar-refractivity contribution is 5.95. The van der Waals surface area contributed by atoms with Gasteiger partial charge in [0.15, 0.2) is 5.65 Å². The van der Waals surface area contributed by atoms with Gasteiger partial charge in [-0.1, -0.05) is 30.3 Å². The summed E-state index contributed by atoms with van der Waals surface area (Å²) >= 11 is 0. The molecule has 0 saturated carbocycles. The summed E-state index contributed by atoms with van der Waals surface area (Å²) in [6, 6.07) is 12.9. The van der Waals surface area contributed by atoms with Crippen LogP contribution in [0.25, 0.3) is 33.5 Å². The third kappa shape index (κ3) is 3.22. The lowest BCUT2D eigenvalue weighted by atomic mass is 10.0. The van der Waals surface area contributed by atoms with E-state index < -0.39 is 11.7 Å². The van der Waals surface area contributed by atoms with Gasteiger partial charge in [0.1, 0.15) is 17.3 Å². The molecule has 0 aliphatic heterocycles. The van der Waals surface area contributed by atoms with Crippen LogP contribution in [0.1, 0.15) is 11.1 Å². The molecule has 0 N–H and O–H groups in total. The van der Waals surface area contributed by atoms with Crippen molar-refractivity contribution in [2.45, 2.75) is 6.18 Å². The van der Waals surface area contributed by atoms with Gasteiger partial charge in [0.2, 0.25) is 5.88 Å². The molecule has 1 aromatic carbocycles. The fraction of sp³-hybridized carbons (Fsp3) is 0.143. The zero-order valence-corrected chi connectivity index (χ0v) is 15.9. The van der Waals surface area contributed by atoms with E-state index in [-0.39, 0.29) is 39.4 Å². The second-order valence-corrected chi connectivity index (χ2v) is 6.48. The Morgan fingerprint density at radius 1 is 1.10 bits per heavy atom. The normalized spacial score (nSPS) is 11.5. The van der Waals surface area contributed by atoms with E-state index in [0.717, 1.165) is 6.07 Å². The molecule has 0 spiro atoms. The van der Waals surface area contributed by atoms with Crippen molar-refractivity contribution in [3.05, 3.63) is 59.8 Å². The molecular weight excluding hydrogens is 395 g/mol. The zero-order valence-electron chi connectivity index (χ0n) is 15.9. The summed E-state index contributed by atoms with van der Waals surface area (Å²) in [6.07, 6.45) is -3.32. The summed E-state index contributed by atoms with van der Waals surface area (Å²) in [5.74, 6) is 0.0882. The van der Waals surface area contributed by atoms with E-state index in [1.807, 2.05) is 6.07 Å². The second-order valence-electron chi connectivity index (χ2n) is 6.48. The number of fused-ring (bicyclic) bond motifs is 1. The Kier molecular flexibility index (Phi) is 4.62. The van der Waals surface area contributed by atoms with Gasteiger partial charge in [-0.2, -0.15) is 23.5 Å². The van der Waals surface area contributed by atoms with Gasteiger partial charge in [-0.25, -0.2) is 14.6 Å². The van der Waals surface area contributed by atoms with Crippen molar-refractivity contribution in [1.82, 2.24) is 19.7 Å². The van der Waals surface area contributed by atoms with E-state index in [9.17, 15) is 18.4 Å². The topological polar surface area (TPSA) is 76.6 Å². The van der Waals surface area contributed by atoms with Crippen LogP contribution in [0, 0.1) is 11.3 Å². The van der Waals surface area contributed by atoms with Crippen molar-refractivity contribution in [2.24, 2.45) is 7.05 Å². The number of benzene rings is 1. The number of nitrogens with zero attached hydrogens (tertiary/aromatic N) is 5. The summed E-state index contributed by atoms with van der Waals surface area (Å²) in [5, 5.41) is 13.5. The van der Waals surface area contributed by atoms with Crippen LogP contribution in [0.3, 0.4) is 0 Å². The van der Waals surface area contributed by atoms with Crippen LogP contribution in [0.4, 0.5) is 13.2 Å². The van der Waals surface area contributed by atoms with Crippen LogP contribution in [0.15, 0.2) is 48.7 Å². The van der Waals surface area contributed by atoms with E-state index >= 15 is 0 Å². The van der Waals surface area contributed by atoms with E-state index in [4.69, 9.17) is 4.74 Å². The number of nitriles is 1. The van der Waals surface area contributed by atoms with Crippen molar-refractivity contribution in [3.63, 3.8) is 0 Å². The molecule has 3 aromatic heterocycles. The largest absolute Gasteiger partial charge is 0.480 e. The molecule has 3 heterocycles. The van der Waals surface area contributed by atoms with Crippen molar-refractivity contribution >= 4 is 11.0 Å². The molecule has 4 rings (SSSR count). The standard InChI is InChI=1S/C21H14F3N5O/c1-29-19-17(18(28-29)12-6-4-3-5-7-12)15(21(22,23)24)9-16(27-19)14-8-13(10-25)20(30-2)26-11-14/h3-9,11H,1-2H3. The fourth-order valence-corrected chi connectivity index (χ4v) is 3.25. The Morgan fingerprint density at radius 2 is 1.83 bits per heavy atom. The molecule has 6 nitrogen and oxygen atoms in total. The molecule has 30 heavy (non-hydrogen) atoms. The maximum absolute atomic E-state index is 14.0. The van der Waals surface area contributed by atoms with Crippen LogP contribution >= 0.6 is 0 Å². The molecule has 0 bridgehead atoms. The number of pyridine rings is 2. The Bertz CT molecular complexity index is 1290. The third-order valence-corrected chi connectivity index (χ3v) is 4.61. The Hall–Kier alpha value is -3.93. The van der Waals surface area contributed by atoms with Gasteiger partial charge >= 0.3 is 6.18 Å². The number of hydrogen-bond donors (Lipinski definition) is 0. The molecule has 0 saturated heterocycles. The van der Waals surface area contributed by atoms with Gasteiger partial charge in [-0.05, 0) is 12.1 Å². The Labute approximate surface area is 169 Å². The number of aryl methyl sites for hydroxylation is 1. The van der Waals surface area contributed by atoms with Crippen molar-refractivity contribution < 1.29 is 17.9 Å². The van der Waals surface area contributed by atoms with Gasteiger partial charge in [-0.3, -0.25) is 0 Å². The molecule has 4 aromatic rings. The van der Waals surface area contributed by atoms with Gasteiger partial charge in [-0.15, -0.1) is 0 Å². The maximum atomic E-state index is 14.0. The number of halogens is 3. The Balaban J connectivity index is 2.02. The lowest BCUT2D eigenvalue weighted by Crippen LogP contribution is -2.08. The molecule has 0 aliphatic carbocycles. The zero-order chi connectivity index (χ0) is 21.5. The molecule has 0 fully saturated rings. The molecule has 0 aliphatic rings. The molecule has 0 atom stereocenters. The average molecular weight is 409 g/mol. The van der Waals surface area contributed by atoms with Crippen molar-refractivity contribution in [3.8, 4) is 34.5 Å². The highest BCUT2D eigenvalue weighted by Crippen LogP contribution is 2.40. The number of aromatic nitrogens is 4. The minimum absolute atomic E-state index is 0.0316. The smallest absolute Gasteiger partial charge is 0.417 e. The minimum atomic E-state index is -4.64. The maximum Gasteiger partial charge on any atom is 0.417 e. The monoisotopic (exact) mass is 409 g/mol. The number of ether oxygens (including phenoxy) is 1. The summed E-state index contributed by atoms with van der Waals surface area (Å²) in [4.78, 5) is 8.41. The number of alkyl halides is 3. The fourth-order valence-electron chi connectivity index (χ4n) is 3.25. The highest BCUT2D eigenvalue weighted by Gasteiger charge is 2.36. The molecule has 0 amide bonds. The van der Waals surface area contributed by atoms with E-state index in [0.29, 0.717) is 5.56 Å². The van der Waals surface area contributed by atoms with Gasteiger partial charge in [0.25, 0.3) is 0 Å². The molecule has 0 radical (unpaired) electrons. The van der Waals surface area contributed by atoms with Gasteiger partial charge in [0, 0.05) is 24.4 Å². The van der Waals surface area contributed by atoms with Crippen LogP contribution in [-0.2, 0) is 13.2 Å². The Morgan fingerprint density at radius 3 is 2.47 bits per heavy atom. The highest BCUT2D eigenvalue weighted by atomic mass is 19.4. The first-order chi connectivity index (χ1) is 14.3. The van der Waals surface area contributed by atoms with E-state index in [1.54, 1.807) is 37.4 Å². The van der Waals surface area contributed by atoms with Crippen LogP contribution < -0.4 is 4.74 Å². The average Bonchev–Trinajstić information content (AvgIpc) is 3.09. The molecule has 0 unspecified atom stereocenters. The predicted molar refractivity (Wildman–Crippen MR) is 103 cm³/mol. The number of hydrogen-bond acceptors (Lipinski definition) is 5. The summed E-state index contributed by atoms with van der Waals surface area (Å²) in [7, 11) is 2.90. The van der Waals surface area contributed by atoms with E-state index in [1.165, 1.54) is 24.1 Å². The first-order valence-electron chi connectivity index (χ1n) is 8.78. The molecule has 9 heteroatoms. The van der Waals surface area contributed by atoms with Crippen molar-refractivity contribution in [2.75, 3.05) is 7.11 Å². The van der Waals surface area contributed by atoms with Crippen molar-refractivity contribution in [1.29, 1.82) is 5.26 Å². The minimum Gasteiger partial charge on any atom is -0.480 e. The SMILES string of the molecule is COc1ncc(-c2cc(C(F)(F)F)c3c(-c4ccccc4)nn(C)c3n2)cc1C#N. The lowest BCUT2D eigenvalue weighted by molar-refractivity contribution is -0.136. The second kappa shape index (κ2) is 7.15. The number of methoxy groups -OCH3 is 1. The number of rotatable bonds is 3. The quantitative estimate of drug-likeness (QED) is 0.494. The predicted octanol–water partition coefficient (Wildman–Crippen LogP) is 4.60. The molecule has 150 valence electrons. The van der Waals surface area contributed by atoms with Crippen LogP contribution in [0.5, 0.6) is 5.88 Å². The summed E-state index contributed by atoms with van der Waals surface area (Å²) in [6.45, 7) is 0. The third-order valence-electron chi connectivity index (χ3n) is 4.61. The van der Waals surface area contributed by atoms with Gasteiger partial charge in [0.05, 0.1) is 23.8 Å². The first kappa shape index (κ1) is 19.4. The van der Waals surface area contributed by atoms with E-state index in [2.05, 4.69) is 15.1 Å². The summed E-state index contributed by atoms with van der Waals surface area (Å²) < 4.78 is 48.4.